The van der Waals surface area contributed by atoms with Crippen LogP contribution in [0, 0.1) is 0 Å². The minimum absolute atomic E-state index is 0.405. The minimum Gasteiger partial charge on any atom is -0.495 e. The van der Waals surface area contributed by atoms with E-state index in [0.29, 0.717) is 17.2 Å². The van der Waals surface area contributed by atoms with Crippen molar-refractivity contribution in [3.63, 3.8) is 0 Å². The number of hydrogen-bond donors (Lipinski definition) is 1. The van der Waals surface area contributed by atoms with Gasteiger partial charge in [0.2, 0.25) is 0 Å². The molecule has 0 amide bonds. The Balaban J connectivity index is 1.93. The molecule has 1 aromatic rings. The molecule has 1 N–H and O–H groups in total. The third-order valence-corrected chi connectivity index (χ3v) is 3.25. The highest BCUT2D eigenvalue weighted by molar-refractivity contribution is 6.30. The van der Waals surface area contributed by atoms with Crippen LogP contribution in [0.1, 0.15) is 19.8 Å². The molecule has 0 spiro atoms. The van der Waals surface area contributed by atoms with Gasteiger partial charge in [0.15, 0.2) is 0 Å². The molecular weight excluding hydrogens is 238 g/mol. The maximum atomic E-state index is 5.98. The van der Waals surface area contributed by atoms with E-state index in [-0.39, 0.29) is 0 Å². The van der Waals surface area contributed by atoms with Crippen molar-refractivity contribution in [2.75, 3.05) is 19.0 Å². The lowest BCUT2D eigenvalue weighted by atomic mass is 9.89. The van der Waals surface area contributed by atoms with Gasteiger partial charge >= 0.3 is 0 Å². The first-order valence-electron chi connectivity index (χ1n) is 5.94. The zero-order valence-electron chi connectivity index (χ0n) is 10.2. The largest absolute Gasteiger partial charge is 0.495 e. The lowest BCUT2D eigenvalue weighted by Crippen LogP contribution is -2.40. The highest BCUT2D eigenvalue weighted by Gasteiger charge is 2.29. The van der Waals surface area contributed by atoms with Gasteiger partial charge in [-0.3, -0.25) is 0 Å². The average molecular weight is 256 g/mol. The van der Waals surface area contributed by atoms with Crippen LogP contribution in [0.2, 0.25) is 5.02 Å². The summed E-state index contributed by atoms with van der Waals surface area (Å²) in [6, 6.07) is 6.06. The number of anilines is 1. The highest BCUT2D eigenvalue weighted by Crippen LogP contribution is 2.32. The summed E-state index contributed by atoms with van der Waals surface area (Å²) >= 11 is 5.98. The lowest BCUT2D eigenvalue weighted by Gasteiger charge is -2.36. The quantitative estimate of drug-likeness (QED) is 0.876. The van der Waals surface area contributed by atoms with E-state index in [0.717, 1.165) is 30.9 Å². The Hall–Kier alpha value is -0.930. The first-order valence-corrected chi connectivity index (χ1v) is 6.32. The van der Waals surface area contributed by atoms with Crippen molar-refractivity contribution in [1.29, 1.82) is 0 Å². The Morgan fingerprint density at radius 3 is 2.82 bits per heavy atom. The second-order valence-electron chi connectivity index (χ2n) is 4.23. The number of methoxy groups -OCH3 is 1. The third kappa shape index (κ3) is 3.05. The van der Waals surface area contributed by atoms with Crippen molar-refractivity contribution in [3.8, 4) is 5.75 Å². The highest BCUT2D eigenvalue weighted by atomic mass is 35.5. The SMILES string of the molecule is CCOC1CC(Nc2cc(Cl)ccc2OC)C1. The van der Waals surface area contributed by atoms with E-state index in [2.05, 4.69) is 5.32 Å². The lowest BCUT2D eigenvalue weighted by molar-refractivity contribution is 0.00295. The van der Waals surface area contributed by atoms with E-state index < -0.39 is 0 Å². The van der Waals surface area contributed by atoms with E-state index in [9.17, 15) is 0 Å². The van der Waals surface area contributed by atoms with Crippen LogP contribution in [-0.4, -0.2) is 25.9 Å². The van der Waals surface area contributed by atoms with Crippen molar-refractivity contribution >= 4 is 17.3 Å². The zero-order valence-corrected chi connectivity index (χ0v) is 11.0. The second-order valence-corrected chi connectivity index (χ2v) is 4.67. The molecule has 0 unspecified atom stereocenters. The molecule has 4 heteroatoms. The summed E-state index contributed by atoms with van der Waals surface area (Å²) in [5, 5.41) is 4.15. The van der Waals surface area contributed by atoms with E-state index in [4.69, 9.17) is 21.1 Å². The van der Waals surface area contributed by atoms with Gasteiger partial charge in [0.25, 0.3) is 0 Å². The van der Waals surface area contributed by atoms with Gasteiger partial charge in [-0.1, -0.05) is 11.6 Å². The molecule has 94 valence electrons. The van der Waals surface area contributed by atoms with Crippen molar-refractivity contribution < 1.29 is 9.47 Å². The fourth-order valence-electron chi connectivity index (χ4n) is 2.07. The first kappa shape index (κ1) is 12.5. The van der Waals surface area contributed by atoms with Gasteiger partial charge < -0.3 is 14.8 Å². The van der Waals surface area contributed by atoms with Crippen LogP contribution in [0.3, 0.4) is 0 Å². The summed E-state index contributed by atoms with van der Waals surface area (Å²) in [4.78, 5) is 0. The Kier molecular flexibility index (Phi) is 4.13. The van der Waals surface area contributed by atoms with Gasteiger partial charge in [-0.25, -0.2) is 0 Å². The molecule has 0 atom stereocenters. The van der Waals surface area contributed by atoms with Crippen LogP contribution in [0.4, 0.5) is 5.69 Å². The summed E-state index contributed by atoms with van der Waals surface area (Å²) in [5.41, 5.74) is 0.958. The van der Waals surface area contributed by atoms with Crippen molar-refractivity contribution in [3.05, 3.63) is 23.2 Å². The summed E-state index contributed by atoms with van der Waals surface area (Å²) in [6.45, 7) is 2.82. The van der Waals surface area contributed by atoms with Crippen molar-refractivity contribution in [2.24, 2.45) is 0 Å². The second kappa shape index (κ2) is 5.61. The third-order valence-electron chi connectivity index (χ3n) is 3.02. The van der Waals surface area contributed by atoms with Gasteiger partial charge in [-0.2, -0.15) is 0 Å². The molecule has 1 fully saturated rings. The summed E-state index contributed by atoms with van der Waals surface area (Å²) < 4.78 is 10.8. The molecule has 1 saturated carbocycles. The number of rotatable bonds is 5. The Bertz CT molecular complexity index is 378. The molecule has 0 saturated heterocycles. The number of ether oxygens (including phenoxy) is 2. The molecule has 1 aliphatic carbocycles. The van der Waals surface area contributed by atoms with Crippen molar-refractivity contribution in [2.45, 2.75) is 31.9 Å². The Morgan fingerprint density at radius 1 is 1.41 bits per heavy atom. The van der Waals surface area contributed by atoms with Crippen LogP contribution in [0.5, 0.6) is 5.75 Å². The molecular formula is C13H18ClNO2. The fourth-order valence-corrected chi connectivity index (χ4v) is 2.24. The molecule has 1 aromatic carbocycles. The van der Waals surface area contributed by atoms with Gasteiger partial charge in [-0.05, 0) is 38.0 Å². The van der Waals surface area contributed by atoms with Crippen LogP contribution < -0.4 is 10.1 Å². The van der Waals surface area contributed by atoms with E-state index in [1.807, 2.05) is 25.1 Å². The van der Waals surface area contributed by atoms with Gasteiger partial charge in [0.05, 0.1) is 18.9 Å². The molecule has 0 aromatic heterocycles. The predicted octanol–water partition coefficient (Wildman–Crippen LogP) is 3.33. The minimum atomic E-state index is 0.405. The van der Waals surface area contributed by atoms with Crippen LogP contribution >= 0.6 is 11.6 Å². The zero-order chi connectivity index (χ0) is 12.3. The maximum Gasteiger partial charge on any atom is 0.142 e. The fraction of sp³-hybridized carbons (Fsp3) is 0.538. The molecule has 0 radical (unpaired) electrons. The number of hydrogen-bond acceptors (Lipinski definition) is 3. The maximum absolute atomic E-state index is 5.98. The first-order chi connectivity index (χ1) is 8.22. The normalized spacial score (nSPS) is 23.0. The van der Waals surface area contributed by atoms with Crippen LogP contribution in [-0.2, 0) is 4.74 Å². The molecule has 3 nitrogen and oxygen atoms in total. The molecule has 17 heavy (non-hydrogen) atoms. The summed E-state index contributed by atoms with van der Waals surface area (Å²) in [6.07, 6.45) is 2.50. The molecule has 0 bridgehead atoms. The van der Waals surface area contributed by atoms with E-state index in [1.54, 1.807) is 7.11 Å². The Morgan fingerprint density at radius 2 is 2.18 bits per heavy atom. The van der Waals surface area contributed by atoms with Crippen LogP contribution in [0.15, 0.2) is 18.2 Å². The molecule has 0 heterocycles. The molecule has 2 rings (SSSR count). The summed E-state index contributed by atoms with van der Waals surface area (Å²) in [5.74, 6) is 0.828. The van der Waals surface area contributed by atoms with Crippen molar-refractivity contribution in [1.82, 2.24) is 0 Å². The van der Waals surface area contributed by atoms with Crippen LogP contribution in [0.25, 0.3) is 0 Å². The molecule has 0 aliphatic heterocycles. The monoisotopic (exact) mass is 255 g/mol. The van der Waals surface area contributed by atoms with Gasteiger partial charge in [0, 0.05) is 17.7 Å². The number of benzene rings is 1. The molecule has 1 aliphatic rings. The number of nitrogens with one attached hydrogen (secondary N) is 1. The smallest absolute Gasteiger partial charge is 0.142 e. The van der Waals surface area contributed by atoms with Gasteiger partial charge in [-0.15, -0.1) is 0 Å². The Labute approximate surface area is 107 Å². The predicted molar refractivity (Wildman–Crippen MR) is 70.1 cm³/mol. The van der Waals surface area contributed by atoms with E-state index >= 15 is 0 Å². The number of halogens is 1. The summed E-state index contributed by atoms with van der Waals surface area (Å²) in [7, 11) is 1.66. The topological polar surface area (TPSA) is 30.5 Å². The average Bonchev–Trinajstić information content (AvgIpc) is 2.26. The van der Waals surface area contributed by atoms with E-state index in [1.165, 1.54) is 0 Å². The van der Waals surface area contributed by atoms with Gasteiger partial charge in [0.1, 0.15) is 5.75 Å². The standard InChI is InChI=1S/C13H18ClNO2/c1-3-17-11-7-10(8-11)15-12-6-9(14)4-5-13(12)16-2/h4-6,10-11,15H,3,7-8H2,1-2H3.